The van der Waals surface area contributed by atoms with Crippen LogP contribution < -0.4 is 10.6 Å². The molecule has 0 aliphatic heterocycles. The largest absolute Gasteiger partial charge is 0.444 e. The Balaban J connectivity index is 2.56. The van der Waals surface area contributed by atoms with E-state index in [1.54, 1.807) is 13.0 Å². The van der Waals surface area contributed by atoms with Crippen LogP contribution in [-0.2, 0) is 14.3 Å². The van der Waals surface area contributed by atoms with Gasteiger partial charge >= 0.3 is 6.09 Å². The average Bonchev–Trinajstić information content (AvgIpc) is 2.89. The molecule has 6 nitrogen and oxygen atoms in total. The lowest BCUT2D eigenvalue weighted by atomic mass is 9.97. The zero-order valence-electron chi connectivity index (χ0n) is 14.7. The summed E-state index contributed by atoms with van der Waals surface area (Å²) in [5.41, 5.74) is -0.955. The summed E-state index contributed by atoms with van der Waals surface area (Å²) in [5.74, 6) is -0.167. The molecule has 1 aliphatic rings. The van der Waals surface area contributed by atoms with Crippen LogP contribution in [0.2, 0.25) is 0 Å². The molecular weight excluding hydrogens is 296 g/mol. The van der Waals surface area contributed by atoms with Crippen molar-refractivity contribution in [3.8, 4) is 0 Å². The first-order valence-electron chi connectivity index (χ1n) is 8.19. The van der Waals surface area contributed by atoms with E-state index in [4.69, 9.17) is 9.47 Å². The monoisotopic (exact) mass is 326 g/mol. The van der Waals surface area contributed by atoms with Crippen LogP contribution in [0.15, 0.2) is 12.7 Å². The Morgan fingerprint density at radius 2 is 1.91 bits per heavy atom. The van der Waals surface area contributed by atoms with Gasteiger partial charge in [0.05, 0.1) is 12.1 Å². The predicted octanol–water partition coefficient (Wildman–Crippen LogP) is 2.53. The lowest BCUT2D eigenvalue weighted by molar-refractivity contribution is -0.133. The van der Waals surface area contributed by atoms with Crippen LogP contribution in [0.4, 0.5) is 4.79 Å². The number of rotatable bonds is 7. The Morgan fingerprint density at radius 3 is 2.43 bits per heavy atom. The minimum atomic E-state index is -0.549. The van der Waals surface area contributed by atoms with E-state index in [1.807, 2.05) is 20.8 Å². The first kappa shape index (κ1) is 19.5. The number of hydrogen-bond donors (Lipinski definition) is 2. The maximum absolute atomic E-state index is 12.3. The molecule has 0 radical (unpaired) electrons. The Kier molecular flexibility index (Phi) is 7.06. The molecule has 0 aromatic rings. The number of carbonyl (C=O) groups is 2. The number of alkyl carbamates (subject to hydrolysis) is 1. The van der Waals surface area contributed by atoms with Gasteiger partial charge in [-0.2, -0.15) is 0 Å². The van der Waals surface area contributed by atoms with Crippen LogP contribution >= 0.6 is 0 Å². The number of hydrogen-bond acceptors (Lipinski definition) is 4. The van der Waals surface area contributed by atoms with E-state index in [1.165, 1.54) is 0 Å². The van der Waals surface area contributed by atoms with Crippen molar-refractivity contribution in [2.75, 3.05) is 13.2 Å². The molecule has 6 heteroatoms. The fourth-order valence-corrected chi connectivity index (χ4v) is 2.60. The normalized spacial score (nSPS) is 18.1. The molecule has 0 bridgehead atoms. The van der Waals surface area contributed by atoms with E-state index in [0.717, 1.165) is 25.7 Å². The molecule has 0 heterocycles. The Labute approximate surface area is 139 Å². The van der Waals surface area contributed by atoms with E-state index in [2.05, 4.69) is 17.2 Å². The molecular formula is C17H30N2O4. The standard InChI is InChI=1S/C17H30N2O4/c1-6-11-22-13(2)14(20)19-17(9-7-8-10-17)12-18-15(21)23-16(3,4)5/h6,13H,1,7-12H2,2-5H3,(H,18,21)(H,19,20). The molecule has 2 amide bonds. The maximum atomic E-state index is 12.3. The highest BCUT2D eigenvalue weighted by molar-refractivity contribution is 5.81. The van der Waals surface area contributed by atoms with Gasteiger partial charge in [-0.25, -0.2) is 4.79 Å². The van der Waals surface area contributed by atoms with Gasteiger partial charge < -0.3 is 20.1 Å². The second-order valence-corrected chi connectivity index (χ2v) is 7.10. The van der Waals surface area contributed by atoms with E-state index < -0.39 is 23.3 Å². The van der Waals surface area contributed by atoms with Crippen LogP contribution in [0.1, 0.15) is 53.4 Å². The molecule has 2 N–H and O–H groups in total. The molecule has 1 saturated carbocycles. The van der Waals surface area contributed by atoms with Gasteiger partial charge in [0.2, 0.25) is 5.91 Å². The highest BCUT2D eigenvalue weighted by Crippen LogP contribution is 2.29. The van der Waals surface area contributed by atoms with Crippen molar-refractivity contribution in [2.45, 2.75) is 70.6 Å². The molecule has 1 unspecified atom stereocenters. The van der Waals surface area contributed by atoms with Crippen molar-refractivity contribution in [2.24, 2.45) is 0 Å². The zero-order chi connectivity index (χ0) is 17.5. The van der Waals surface area contributed by atoms with Crippen molar-refractivity contribution in [1.29, 1.82) is 0 Å². The molecule has 0 aromatic carbocycles. The molecule has 1 fully saturated rings. The fraction of sp³-hybridized carbons (Fsp3) is 0.765. The quantitative estimate of drug-likeness (QED) is 0.705. The van der Waals surface area contributed by atoms with Crippen LogP contribution in [0.5, 0.6) is 0 Å². The summed E-state index contributed by atoms with van der Waals surface area (Å²) in [4.78, 5) is 24.1. The third-order valence-corrected chi connectivity index (χ3v) is 3.75. The second-order valence-electron chi connectivity index (χ2n) is 7.10. The lowest BCUT2D eigenvalue weighted by Crippen LogP contribution is -2.56. The topological polar surface area (TPSA) is 76.7 Å². The number of ether oxygens (including phenoxy) is 2. The highest BCUT2D eigenvalue weighted by Gasteiger charge is 2.37. The minimum absolute atomic E-state index is 0.167. The highest BCUT2D eigenvalue weighted by atomic mass is 16.6. The smallest absolute Gasteiger partial charge is 0.407 e. The van der Waals surface area contributed by atoms with Gasteiger partial charge in [-0.3, -0.25) is 4.79 Å². The fourth-order valence-electron chi connectivity index (χ4n) is 2.60. The predicted molar refractivity (Wildman–Crippen MR) is 89.2 cm³/mol. The second kappa shape index (κ2) is 8.34. The van der Waals surface area contributed by atoms with Gasteiger partial charge in [0.1, 0.15) is 11.7 Å². The molecule has 23 heavy (non-hydrogen) atoms. The summed E-state index contributed by atoms with van der Waals surface area (Å²) in [6.07, 6.45) is 4.32. The SMILES string of the molecule is C=CCOC(C)C(=O)NC1(CNC(=O)OC(C)(C)C)CCCC1. The number of amides is 2. The van der Waals surface area contributed by atoms with Crippen molar-refractivity contribution >= 4 is 12.0 Å². The molecule has 1 aliphatic carbocycles. The first-order valence-corrected chi connectivity index (χ1v) is 8.19. The summed E-state index contributed by atoms with van der Waals surface area (Å²) >= 11 is 0. The molecule has 0 spiro atoms. The summed E-state index contributed by atoms with van der Waals surface area (Å²) in [5, 5.41) is 5.83. The van der Waals surface area contributed by atoms with Gasteiger partial charge in [-0.05, 0) is 40.5 Å². The Morgan fingerprint density at radius 1 is 1.30 bits per heavy atom. The summed E-state index contributed by atoms with van der Waals surface area (Å²) < 4.78 is 10.6. The van der Waals surface area contributed by atoms with Gasteiger partial charge in [0.15, 0.2) is 0 Å². The Bertz CT molecular complexity index is 423. The van der Waals surface area contributed by atoms with Crippen LogP contribution in [0.3, 0.4) is 0 Å². The average molecular weight is 326 g/mol. The molecule has 1 rings (SSSR count). The third kappa shape index (κ3) is 7.03. The van der Waals surface area contributed by atoms with Crippen LogP contribution in [-0.4, -0.2) is 42.4 Å². The third-order valence-electron chi connectivity index (χ3n) is 3.75. The maximum Gasteiger partial charge on any atom is 0.407 e. The van der Waals surface area contributed by atoms with Crippen molar-refractivity contribution < 1.29 is 19.1 Å². The summed E-state index contributed by atoms with van der Waals surface area (Å²) in [6.45, 7) is 11.4. The Hall–Kier alpha value is -1.56. The molecule has 1 atom stereocenters. The van der Waals surface area contributed by atoms with E-state index in [9.17, 15) is 9.59 Å². The van der Waals surface area contributed by atoms with Crippen molar-refractivity contribution in [3.63, 3.8) is 0 Å². The molecule has 0 aromatic heterocycles. The van der Waals surface area contributed by atoms with Gasteiger partial charge in [-0.1, -0.05) is 18.9 Å². The van der Waals surface area contributed by atoms with Crippen molar-refractivity contribution in [3.05, 3.63) is 12.7 Å². The lowest BCUT2D eigenvalue weighted by Gasteiger charge is -2.32. The van der Waals surface area contributed by atoms with Gasteiger partial charge in [-0.15, -0.1) is 6.58 Å². The zero-order valence-corrected chi connectivity index (χ0v) is 14.7. The summed E-state index contributed by atoms with van der Waals surface area (Å²) in [6, 6.07) is 0. The van der Waals surface area contributed by atoms with E-state index >= 15 is 0 Å². The van der Waals surface area contributed by atoms with Gasteiger partial charge in [0.25, 0.3) is 0 Å². The van der Waals surface area contributed by atoms with E-state index in [-0.39, 0.29) is 5.91 Å². The minimum Gasteiger partial charge on any atom is -0.444 e. The van der Waals surface area contributed by atoms with Gasteiger partial charge in [0, 0.05) is 6.54 Å². The van der Waals surface area contributed by atoms with E-state index in [0.29, 0.717) is 13.2 Å². The molecule has 0 saturated heterocycles. The van der Waals surface area contributed by atoms with Crippen LogP contribution in [0, 0.1) is 0 Å². The van der Waals surface area contributed by atoms with Crippen LogP contribution in [0.25, 0.3) is 0 Å². The van der Waals surface area contributed by atoms with Crippen molar-refractivity contribution in [1.82, 2.24) is 10.6 Å². The summed E-state index contributed by atoms with van der Waals surface area (Å²) in [7, 11) is 0. The first-order chi connectivity index (χ1) is 10.7. The number of nitrogens with one attached hydrogen (secondary N) is 2. The number of carbonyl (C=O) groups excluding carboxylic acids is 2. The molecule has 132 valence electrons.